The Hall–Kier alpha value is -1.58. The molecule has 0 saturated carbocycles. The molecule has 2 aliphatic heterocycles. The molecule has 0 aliphatic carbocycles. The molecule has 4 heteroatoms. The van der Waals surface area contributed by atoms with Gasteiger partial charge in [-0.25, -0.2) is 4.39 Å². The lowest BCUT2D eigenvalue weighted by Crippen LogP contribution is -2.46. The highest BCUT2D eigenvalue weighted by molar-refractivity contribution is 6.04. The van der Waals surface area contributed by atoms with E-state index in [2.05, 4.69) is 17.1 Å². The van der Waals surface area contributed by atoms with Gasteiger partial charge in [-0.1, -0.05) is 6.92 Å². The van der Waals surface area contributed by atoms with Crippen LogP contribution in [0, 0.1) is 18.7 Å². The van der Waals surface area contributed by atoms with Crippen molar-refractivity contribution >= 4 is 17.3 Å². The molecule has 90 valence electrons. The fourth-order valence-corrected chi connectivity index (χ4v) is 2.83. The summed E-state index contributed by atoms with van der Waals surface area (Å²) in [5.41, 5.74) is 2.18. The van der Waals surface area contributed by atoms with Crippen LogP contribution in [0.25, 0.3) is 0 Å². The second-order valence-corrected chi connectivity index (χ2v) is 5.01. The Morgan fingerprint density at radius 2 is 2.24 bits per heavy atom. The molecule has 1 saturated heterocycles. The van der Waals surface area contributed by atoms with Crippen molar-refractivity contribution in [1.82, 2.24) is 0 Å². The number of nitrogens with one attached hydrogen (secondary N) is 1. The predicted molar refractivity (Wildman–Crippen MR) is 64.7 cm³/mol. The molecule has 2 atom stereocenters. The van der Waals surface area contributed by atoms with Crippen LogP contribution in [-0.2, 0) is 4.79 Å². The molecular weight excluding hydrogens is 219 g/mol. The van der Waals surface area contributed by atoms with E-state index in [1.54, 1.807) is 6.92 Å². The van der Waals surface area contributed by atoms with Crippen LogP contribution in [0.3, 0.4) is 0 Å². The monoisotopic (exact) mass is 234 g/mol. The molecular formula is C13H15FN2O. The lowest BCUT2D eigenvalue weighted by Gasteiger charge is -2.34. The van der Waals surface area contributed by atoms with Crippen LogP contribution in [0.4, 0.5) is 15.8 Å². The first kappa shape index (κ1) is 10.6. The van der Waals surface area contributed by atoms with Gasteiger partial charge in [0.25, 0.3) is 0 Å². The smallest absolute Gasteiger partial charge is 0.247 e. The maximum Gasteiger partial charge on any atom is 0.247 e. The van der Waals surface area contributed by atoms with Crippen LogP contribution >= 0.6 is 0 Å². The van der Waals surface area contributed by atoms with Gasteiger partial charge in [0.1, 0.15) is 11.9 Å². The van der Waals surface area contributed by atoms with Crippen LogP contribution in [0.2, 0.25) is 0 Å². The standard InChI is InChI=1S/C13H15FN2O/c1-7-3-4-16-11-5-8(2)9(14)6-10(11)15-13(17)12(7)16/h5-7,12H,3-4H2,1-2H3,(H,15,17). The molecule has 3 rings (SSSR count). The number of carbonyl (C=O) groups is 1. The number of halogens is 1. The van der Waals surface area contributed by atoms with E-state index in [1.807, 2.05) is 6.07 Å². The first-order valence-corrected chi connectivity index (χ1v) is 5.95. The minimum atomic E-state index is -0.269. The summed E-state index contributed by atoms with van der Waals surface area (Å²) in [4.78, 5) is 14.1. The summed E-state index contributed by atoms with van der Waals surface area (Å²) in [5, 5.41) is 2.81. The third-order valence-corrected chi connectivity index (χ3v) is 3.81. The van der Waals surface area contributed by atoms with E-state index in [9.17, 15) is 9.18 Å². The lowest BCUT2D eigenvalue weighted by molar-refractivity contribution is -0.118. The molecule has 2 heterocycles. The van der Waals surface area contributed by atoms with Gasteiger partial charge in [-0.2, -0.15) is 0 Å². The molecule has 0 bridgehead atoms. The molecule has 0 radical (unpaired) electrons. The van der Waals surface area contributed by atoms with Crippen molar-refractivity contribution in [2.45, 2.75) is 26.3 Å². The van der Waals surface area contributed by atoms with Gasteiger partial charge in [0, 0.05) is 6.54 Å². The van der Waals surface area contributed by atoms with E-state index >= 15 is 0 Å². The van der Waals surface area contributed by atoms with E-state index in [4.69, 9.17) is 0 Å². The highest BCUT2D eigenvalue weighted by Crippen LogP contribution is 2.39. The highest BCUT2D eigenvalue weighted by Gasteiger charge is 2.41. The summed E-state index contributed by atoms with van der Waals surface area (Å²) in [6, 6.07) is 3.16. The van der Waals surface area contributed by atoms with E-state index in [1.165, 1.54) is 6.07 Å². The maximum absolute atomic E-state index is 13.5. The van der Waals surface area contributed by atoms with Crippen molar-refractivity contribution in [2.75, 3.05) is 16.8 Å². The fraction of sp³-hybridized carbons (Fsp3) is 0.462. The van der Waals surface area contributed by atoms with Crippen molar-refractivity contribution in [3.8, 4) is 0 Å². The van der Waals surface area contributed by atoms with E-state index in [0.717, 1.165) is 18.7 Å². The molecule has 3 nitrogen and oxygen atoms in total. The van der Waals surface area contributed by atoms with Crippen LogP contribution in [-0.4, -0.2) is 18.5 Å². The van der Waals surface area contributed by atoms with Crippen molar-refractivity contribution in [1.29, 1.82) is 0 Å². The minimum absolute atomic E-state index is 0.00856. The summed E-state index contributed by atoms with van der Waals surface area (Å²) in [6.07, 6.45) is 1.01. The number of benzene rings is 1. The molecule has 1 amide bonds. The summed E-state index contributed by atoms with van der Waals surface area (Å²) in [7, 11) is 0. The molecule has 1 aromatic carbocycles. The second-order valence-electron chi connectivity index (χ2n) is 5.01. The molecule has 2 unspecified atom stereocenters. The predicted octanol–water partition coefficient (Wildman–Crippen LogP) is 2.30. The number of rotatable bonds is 0. The Morgan fingerprint density at radius 3 is 3.00 bits per heavy atom. The number of carbonyl (C=O) groups excluding carboxylic acids is 1. The van der Waals surface area contributed by atoms with Gasteiger partial charge in [-0.15, -0.1) is 0 Å². The largest absolute Gasteiger partial charge is 0.358 e. The number of hydrogen-bond acceptors (Lipinski definition) is 2. The zero-order chi connectivity index (χ0) is 12.2. The summed E-state index contributed by atoms with van der Waals surface area (Å²) in [6.45, 7) is 4.71. The Bertz CT molecular complexity index is 500. The molecule has 2 aliphatic rings. The van der Waals surface area contributed by atoms with Gasteiger partial charge in [0.2, 0.25) is 5.91 Å². The van der Waals surface area contributed by atoms with Crippen molar-refractivity contribution in [3.05, 3.63) is 23.5 Å². The Morgan fingerprint density at radius 1 is 1.47 bits per heavy atom. The van der Waals surface area contributed by atoms with Crippen LogP contribution in [0.5, 0.6) is 0 Å². The molecule has 17 heavy (non-hydrogen) atoms. The Balaban J connectivity index is 2.12. The highest BCUT2D eigenvalue weighted by atomic mass is 19.1. The van der Waals surface area contributed by atoms with Crippen LogP contribution in [0.1, 0.15) is 18.9 Å². The summed E-state index contributed by atoms with van der Waals surface area (Å²) < 4.78 is 13.5. The molecule has 1 fully saturated rings. The topological polar surface area (TPSA) is 32.3 Å². The van der Waals surface area contributed by atoms with Gasteiger partial charge in [-0.05, 0) is 37.0 Å². The normalized spacial score (nSPS) is 26.5. The van der Waals surface area contributed by atoms with Crippen LogP contribution < -0.4 is 10.2 Å². The summed E-state index contributed by atoms with van der Waals surface area (Å²) >= 11 is 0. The van der Waals surface area contributed by atoms with Gasteiger partial charge in [0.05, 0.1) is 11.4 Å². The number of anilines is 2. The number of amides is 1. The molecule has 1 N–H and O–H groups in total. The van der Waals surface area contributed by atoms with Gasteiger partial charge >= 0.3 is 0 Å². The van der Waals surface area contributed by atoms with E-state index in [-0.39, 0.29) is 17.8 Å². The first-order chi connectivity index (χ1) is 8.08. The first-order valence-electron chi connectivity index (χ1n) is 5.95. The number of hydrogen-bond donors (Lipinski definition) is 1. The average molecular weight is 234 g/mol. The SMILES string of the molecule is Cc1cc2c(cc1F)NC(=O)C1C(C)CCN21. The Labute approximate surface area is 99.6 Å². The van der Waals surface area contributed by atoms with Crippen LogP contribution in [0.15, 0.2) is 12.1 Å². The lowest BCUT2D eigenvalue weighted by atomic mass is 9.99. The molecule has 1 aromatic rings. The summed E-state index contributed by atoms with van der Waals surface area (Å²) in [5.74, 6) is 0.0778. The third-order valence-electron chi connectivity index (χ3n) is 3.81. The number of aryl methyl sites for hydroxylation is 1. The van der Waals surface area contributed by atoms with Gasteiger partial charge in [-0.3, -0.25) is 4.79 Å². The number of nitrogens with zero attached hydrogens (tertiary/aromatic N) is 1. The van der Waals surface area contributed by atoms with Crippen molar-refractivity contribution in [2.24, 2.45) is 5.92 Å². The zero-order valence-corrected chi connectivity index (χ0v) is 9.96. The molecule has 0 aromatic heterocycles. The van der Waals surface area contributed by atoms with Crippen molar-refractivity contribution < 1.29 is 9.18 Å². The number of fused-ring (bicyclic) bond motifs is 3. The quantitative estimate of drug-likeness (QED) is 0.747. The molecule has 0 spiro atoms. The van der Waals surface area contributed by atoms with E-state index in [0.29, 0.717) is 17.2 Å². The third kappa shape index (κ3) is 1.43. The van der Waals surface area contributed by atoms with Crippen molar-refractivity contribution in [3.63, 3.8) is 0 Å². The minimum Gasteiger partial charge on any atom is -0.358 e. The van der Waals surface area contributed by atoms with Gasteiger partial charge in [0.15, 0.2) is 0 Å². The zero-order valence-electron chi connectivity index (χ0n) is 9.96. The second kappa shape index (κ2) is 3.45. The average Bonchev–Trinajstić information content (AvgIpc) is 2.65. The maximum atomic E-state index is 13.5. The fourth-order valence-electron chi connectivity index (χ4n) is 2.83. The Kier molecular flexibility index (Phi) is 2.15. The van der Waals surface area contributed by atoms with E-state index < -0.39 is 0 Å². The van der Waals surface area contributed by atoms with Gasteiger partial charge < -0.3 is 10.2 Å².